The van der Waals surface area contributed by atoms with E-state index in [0.717, 1.165) is 62.1 Å². The Bertz CT molecular complexity index is 1590. The minimum atomic E-state index is -0.649. The van der Waals surface area contributed by atoms with E-state index >= 15 is 0 Å². The van der Waals surface area contributed by atoms with E-state index in [1.165, 1.54) is 11.3 Å². The largest absolute Gasteiger partial charge is 0.463 e. The summed E-state index contributed by atoms with van der Waals surface area (Å²) in [5.41, 5.74) is 6.96. The molecule has 4 aliphatic rings. The number of carbonyl (C=O) groups excluding carboxylic acids is 1. The fourth-order valence-corrected chi connectivity index (χ4v) is 8.30. The van der Waals surface area contributed by atoms with Crippen molar-refractivity contribution in [3.63, 3.8) is 0 Å². The summed E-state index contributed by atoms with van der Waals surface area (Å²) < 4.78 is 12.0. The van der Waals surface area contributed by atoms with E-state index in [0.29, 0.717) is 60.7 Å². The first-order valence-electron chi connectivity index (χ1n) is 15.3. The Morgan fingerprint density at radius 3 is 2.80 bits per heavy atom. The van der Waals surface area contributed by atoms with Gasteiger partial charge in [-0.25, -0.2) is 0 Å². The molecule has 1 amide bonds. The van der Waals surface area contributed by atoms with Crippen molar-refractivity contribution in [2.24, 2.45) is 5.92 Å². The summed E-state index contributed by atoms with van der Waals surface area (Å²) in [6, 6.07) is 3.28. The van der Waals surface area contributed by atoms with Gasteiger partial charge in [0.1, 0.15) is 11.1 Å². The first-order valence-corrected chi connectivity index (χ1v) is 16.1. The fraction of sp³-hybridized carbons (Fsp3) is 0.621. The normalized spacial score (nSPS) is 26.1. The van der Waals surface area contributed by atoms with Gasteiger partial charge in [-0.2, -0.15) is 25.2 Å². The highest BCUT2D eigenvalue weighted by molar-refractivity contribution is 7.16. The number of hydrogen-bond donors (Lipinski definition) is 3. The van der Waals surface area contributed by atoms with Crippen LogP contribution >= 0.6 is 11.3 Å². The van der Waals surface area contributed by atoms with Crippen molar-refractivity contribution in [1.82, 2.24) is 40.6 Å². The molecule has 3 aromatic rings. The molecule has 1 aliphatic carbocycles. The second-order valence-corrected chi connectivity index (χ2v) is 13.6. The van der Waals surface area contributed by atoms with Gasteiger partial charge >= 0.3 is 6.01 Å². The van der Waals surface area contributed by atoms with Crippen molar-refractivity contribution in [2.45, 2.75) is 62.9 Å². The molecule has 44 heavy (non-hydrogen) atoms. The fourth-order valence-electron chi connectivity index (χ4n) is 7.11. The second kappa shape index (κ2) is 11.6. The quantitative estimate of drug-likeness (QED) is 0.330. The third-order valence-electron chi connectivity index (χ3n) is 9.37. The topological polar surface area (TPSA) is 184 Å². The van der Waals surface area contributed by atoms with Gasteiger partial charge in [0, 0.05) is 54.6 Å². The molecule has 2 bridgehead atoms. The number of nitrogens with zero attached hydrogens (tertiary/aromatic N) is 8. The van der Waals surface area contributed by atoms with Crippen molar-refractivity contribution in [3.05, 3.63) is 21.9 Å². The number of nitrogens with two attached hydrogens (primary N) is 1. The molecule has 3 fully saturated rings. The van der Waals surface area contributed by atoms with Gasteiger partial charge in [0.2, 0.25) is 29.4 Å². The highest BCUT2D eigenvalue weighted by Crippen LogP contribution is 2.48. The monoisotopic (exact) mass is 619 g/mol. The summed E-state index contributed by atoms with van der Waals surface area (Å²) in [5, 5.41) is 21.3. The summed E-state index contributed by atoms with van der Waals surface area (Å²) in [5.74, 6) is 1.71. The molecular weight excluding hydrogens is 582 g/mol. The molecule has 14 nitrogen and oxygen atoms in total. The molecule has 7 rings (SSSR count). The minimum absolute atomic E-state index is 0.0896. The van der Waals surface area contributed by atoms with E-state index in [4.69, 9.17) is 29.9 Å². The van der Waals surface area contributed by atoms with Gasteiger partial charge in [-0.15, -0.1) is 11.3 Å². The summed E-state index contributed by atoms with van der Waals surface area (Å²) in [6.45, 7) is 5.67. The number of likely N-dealkylation sites (tertiary alicyclic amines) is 1. The number of ether oxygens (including phenoxy) is 1. The average Bonchev–Trinajstić information content (AvgIpc) is 3.82. The first-order chi connectivity index (χ1) is 21.3. The standard InChI is InChI=1S/C29H37N11O3S/c1-29(8-3-4-20-22(29)19(10-30)23(31)44-20)26-34-25(38-43-26)24-35-27(40-13-17-5-6-18(14-40)33-17)37-28(36-24)42-15-16-7-9-39(12-16)21(41)11-32-2/h16-18,32-33H,3-9,11-15,31H2,1-2H3/t16-,17-,18+,29+/m0/s1. The zero-order valence-electron chi connectivity index (χ0n) is 25.0. The Morgan fingerprint density at radius 1 is 1.20 bits per heavy atom. The lowest BCUT2D eigenvalue weighted by Crippen LogP contribution is -2.51. The van der Waals surface area contributed by atoms with Crippen molar-refractivity contribution in [2.75, 3.05) is 57.0 Å². The second-order valence-electron chi connectivity index (χ2n) is 12.5. The molecular formula is C29H37N11O3S. The smallest absolute Gasteiger partial charge is 0.321 e. The molecule has 0 saturated carbocycles. The van der Waals surface area contributed by atoms with E-state index in [1.807, 2.05) is 11.8 Å². The summed E-state index contributed by atoms with van der Waals surface area (Å²) in [4.78, 5) is 36.4. The van der Waals surface area contributed by atoms with Crippen LogP contribution in [0.5, 0.6) is 6.01 Å². The lowest BCUT2D eigenvalue weighted by atomic mass is 9.72. The third kappa shape index (κ3) is 5.24. The highest BCUT2D eigenvalue weighted by Gasteiger charge is 2.43. The third-order valence-corrected chi connectivity index (χ3v) is 10.4. The molecule has 15 heteroatoms. The Balaban J connectivity index is 1.17. The molecule has 3 saturated heterocycles. The van der Waals surface area contributed by atoms with Crippen LogP contribution in [0.4, 0.5) is 10.9 Å². The number of amides is 1. The van der Waals surface area contributed by atoms with Gasteiger partial charge in [-0.3, -0.25) is 4.79 Å². The number of nitriles is 1. The van der Waals surface area contributed by atoms with Gasteiger partial charge in [0.15, 0.2) is 0 Å². The predicted molar refractivity (Wildman–Crippen MR) is 162 cm³/mol. The minimum Gasteiger partial charge on any atom is -0.463 e. The predicted octanol–water partition coefficient (Wildman–Crippen LogP) is 1.47. The van der Waals surface area contributed by atoms with Crippen molar-refractivity contribution in [3.8, 4) is 23.7 Å². The lowest BCUT2D eigenvalue weighted by Gasteiger charge is -2.32. The van der Waals surface area contributed by atoms with Gasteiger partial charge in [0.05, 0.1) is 24.1 Å². The molecule has 0 aromatic carbocycles. The van der Waals surface area contributed by atoms with E-state index in [9.17, 15) is 10.1 Å². The molecule has 4 N–H and O–H groups in total. The summed E-state index contributed by atoms with van der Waals surface area (Å²) in [7, 11) is 1.77. The van der Waals surface area contributed by atoms with Gasteiger partial charge < -0.3 is 35.4 Å². The van der Waals surface area contributed by atoms with Crippen LogP contribution in [0, 0.1) is 17.2 Å². The average molecular weight is 620 g/mol. The number of fused-ring (bicyclic) bond motifs is 3. The number of thiophene rings is 1. The number of hydrogen-bond acceptors (Lipinski definition) is 14. The zero-order valence-corrected chi connectivity index (χ0v) is 25.8. The molecule has 0 radical (unpaired) electrons. The number of rotatable bonds is 8. The Hall–Kier alpha value is -3.87. The Labute approximate surface area is 259 Å². The van der Waals surface area contributed by atoms with Crippen molar-refractivity contribution < 1.29 is 14.1 Å². The Kier molecular flexibility index (Phi) is 7.59. The molecule has 4 atom stereocenters. The molecule has 232 valence electrons. The number of nitrogen functional groups attached to an aromatic ring is 1. The van der Waals surface area contributed by atoms with Crippen LogP contribution in [0.2, 0.25) is 0 Å². The summed E-state index contributed by atoms with van der Waals surface area (Å²) in [6.07, 6.45) is 5.65. The molecule has 3 aliphatic heterocycles. The number of piperazine rings is 1. The number of aryl methyl sites for hydroxylation is 1. The summed E-state index contributed by atoms with van der Waals surface area (Å²) >= 11 is 1.47. The van der Waals surface area contributed by atoms with E-state index in [2.05, 4.69) is 31.7 Å². The van der Waals surface area contributed by atoms with Gasteiger partial charge in [0.25, 0.3) is 0 Å². The molecule has 6 heterocycles. The van der Waals surface area contributed by atoms with Crippen LogP contribution in [0.1, 0.15) is 60.9 Å². The van der Waals surface area contributed by atoms with Crippen LogP contribution in [0.3, 0.4) is 0 Å². The van der Waals surface area contributed by atoms with Gasteiger partial charge in [-0.1, -0.05) is 5.16 Å². The number of anilines is 2. The van der Waals surface area contributed by atoms with Crippen LogP contribution in [0.25, 0.3) is 11.6 Å². The molecule has 0 spiro atoms. The van der Waals surface area contributed by atoms with Crippen LogP contribution in [-0.4, -0.2) is 94.4 Å². The van der Waals surface area contributed by atoms with Crippen molar-refractivity contribution in [1.29, 1.82) is 5.26 Å². The Morgan fingerprint density at radius 2 is 2.02 bits per heavy atom. The molecule has 0 unspecified atom stereocenters. The maximum atomic E-state index is 12.3. The van der Waals surface area contributed by atoms with E-state index in [1.54, 1.807) is 7.05 Å². The van der Waals surface area contributed by atoms with Crippen LogP contribution in [-0.2, 0) is 16.6 Å². The van der Waals surface area contributed by atoms with Gasteiger partial charge in [-0.05, 0) is 52.5 Å². The van der Waals surface area contributed by atoms with Crippen molar-refractivity contribution >= 4 is 28.2 Å². The van der Waals surface area contributed by atoms with E-state index in [-0.39, 0.29) is 29.5 Å². The number of likely N-dealkylation sites (N-methyl/N-ethyl adjacent to an activating group) is 1. The highest BCUT2D eigenvalue weighted by atomic mass is 32.1. The number of nitrogens with one attached hydrogen (secondary N) is 2. The maximum Gasteiger partial charge on any atom is 0.321 e. The lowest BCUT2D eigenvalue weighted by molar-refractivity contribution is -0.129. The maximum absolute atomic E-state index is 12.3. The van der Waals surface area contributed by atoms with Crippen LogP contribution in [0.15, 0.2) is 4.52 Å². The first kappa shape index (κ1) is 28.9. The molecule has 3 aromatic heterocycles. The zero-order chi connectivity index (χ0) is 30.4. The SMILES string of the molecule is CNCC(=O)N1CC[C@H](COc2nc(-c3noc([C@]4(C)CCCc5sc(N)c(C#N)c54)n3)nc(N3C[C@H]4CC[C@@H](C3)N4)n2)C1. The number of carbonyl (C=O) groups is 1. The number of aromatic nitrogens is 5. The van der Waals surface area contributed by atoms with Crippen LogP contribution < -0.4 is 26.0 Å². The van der Waals surface area contributed by atoms with E-state index < -0.39 is 5.41 Å².